The molecule has 1 aromatic carbocycles. The molecule has 1 amide bonds. The number of carbonyl (C=O) groups is 1. The Bertz CT molecular complexity index is 984. The van der Waals surface area contributed by atoms with Crippen molar-refractivity contribution in [2.75, 3.05) is 5.32 Å². The van der Waals surface area contributed by atoms with E-state index in [0.29, 0.717) is 5.76 Å². The van der Waals surface area contributed by atoms with Crippen molar-refractivity contribution in [1.29, 1.82) is 0 Å². The van der Waals surface area contributed by atoms with E-state index in [1.54, 1.807) is 23.6 Å². The molecule has 0 radical (unpaired) electrons. The van der Waals surface area contributed by atoms with Gasteiger partial charge in [-0.1, -0.05) is 30.3 Å². The predicted molar refractivity (Wildman–Crippen MR) is 87.7 cm³/mol. The van der Waals surface area contributed by atoms with Crippen molar-refractivity contribution in [2.24, 2.45) is 0 Å². The van der Waals surface area contributed by atoms with Gasteiger partial charge in [0, 0.05) is 10.9 Å². The predicted octanol–water partition coefficient (Wildman–Crippen LogP) is 3.61. The molecule has 3 heterocycles. The van der Waals surface area contributed by atoms with E-state index in [1.807, 2.05) is 35.7 Å². The fourth-order valence-electron chi connectivity index (χ4n) is 2.26. The molecule has 4 aromatic rings. The second-order valence-electron chi connectivity index (χ2n) is 4.98. The van der Waals surface area contributed by atoms with Gasteiger partial charge in [0.05, 0.1) is 5.69 Å². The molecule has 0 fully saturated rings. The first-order chi connectivity index (χ1) is 11.2. The molecule has 3 aromatic heterocycles. The largest absolute Gasteiger partial charge is 0.456 e. The summed E-state index contributed by atoms with van der Waals surface area (Å²) in [6, 6.07) is 13.3. The van der Waals surface area contributed by atoms with Crippen LogP contribution in [0.25, 0.3) is 16.2 Å². The Labute approximate surface area is 135 Å². The summed E-state index contributed by atoms with van der Waals surface area (Å²) < 4.78 is 7.02. The van der Waals surface area contributed by atoms with Crippen LogP contribution in [0.3, 0.4) is 0 Å². The zero-order chi connectivity index (χ0) is 15.8. The smallest absolute Gasteiger partial charge is 0.293 e. The van der Waals surface area contributed by atoms with Gasteiger partial charge in [0.15, 0.2) is 5.76 Å². The van der Waals surface area contributed by atoms with Crippen LogP contribution in [0.5, 0.6) is 0 Å². The van der Waals surface area contributed by atoms with Crippen molar-refractivity contribution in [3.05, 3.63) is 59.4 Å². The number of carbonyl (C=O) groups excluding carboxylic acids is 1. The highest BCUT2D eigenvalue weighted by Crippen LogP contribution is 2.25. The SMILES string of the molecule is Cc1ccc(C(=O)Nc2nc3scc(-c4ccccc4)n3n2)o1. The number of furan rings is 1. The Kier molecular flexibility index (Phi) is 3.20. The lowest BCUT2D eigenvalue weighted by molar-refractivity contribution is 0.0994. The first kappa shape index (κ1) is 13.7. The Morgan fingerprint density at radius 3 is 2.78 bits per heavy atom. The van der Waals surface area contributed by atoms with E-state index in [4.69, 9.17) is 4.42 Å². The molecule has 7 heteroatoms. The van der Waals surface area contributed by atoms with Gasteiger partial charge in [0.1, 0.15) is 5.76 Å². The zero-order valence-corrected chi connectivity index (χ0v) is 13.0. The van der Waals surface area contributed by atoms with E-state index >= 15 is 0 Å². The van der Waals surface area contributed by atoms with Crippen LogP contribution in [0, 0.1) is 6.92 Å². The summed E-state index contributed by atoms with van der Waals surface area (Å²) in [5.74, 6) is 0.815. The van der Waals surface area contributed by atoms with E-state index in [1.165, 1.54) is 11.3 Å². The number of aryl methyl sites for hydroxylation is 1. The van der Waals surface area contributed by atoms with E-state index in [9.17, 15) is 4.79 Å². The van der Waals surface area contributed by atoms with Crippen molar-refractivity contribution in [3.63, 3.8) is 0 Å². The van der Waals surface area contributed by atoms with Crippen molar-refractivity contribution in [3.8, 4) is 11.3 Å². The van der Waals surface area contributed by atoms with Gasteiger partial charge in [0.25, 0.3) is 11.9 Å². The Hall–Kier alpha value is -2.93. The zero-order valence-electron chi connectivity index (χ0n) is 12.2. The molecular weight excluding hydrogens is 312 g/mol. The number of aromatic nitrogens is 3. The number of hydrogen-bond acceptors (Lipinski definition) is 5. The lowest BCUT2D eigenvalue weighted by atomic mass is 10.2. The minimum atomic E-state index is -0.363. The topological polar surface area (TPSA) is 72.4 Å². The number of fused-ring (bicyclic) bond motifs is 1. The summed E-state index contributed by atoms with van der Waals surface area (Å²) in [4.78, 5) is 17.1. The highest BCUT2D eigenvalue weighted by atomic mass is 32.1. The van der Waals surface area contributed by atoms with Crippen molar-refractivity contribution < 1.29 is 9.21 Å². The molecular formula is C16H12N4O2S. The maximum Gasteiger partial charge on any atom is 0.293 e. The molecule has 0 saturated heterocycles. The summed E-state index contributed by atoms with van der Waals surface area (Å²) in [6.45, 7) is 1.79. The van der Waals surface area contributed by atoms with Crippen LogP contribution in [0.1, 0.15) is 16.3 Å². The Morgan fingerprint density at radius 1 is 1.22 bits per heavy atom. The van der Waals surface area contributed by atoms with Gasteiger partial charge in [-0.05, 0) is 19.1 Å². The number of amides is 1. The van der Waals surface area contributed by atoms with Crippen molar-refractivity contribution in [1.82, 2.24) is 14.6 Å². The van der Waals surface area contributed by atoms with Crippen LogP contribution < -0.4 is 5.32 Å². The number of nitrogens with one attached hydrogen (secondary N) is 1. The van der Waals surface area contributed by atoms with Crippen LogP contribution in [-0.4, -0.2) is 20.5 Å². The molecule has 23 heavy (non-hydrogen) atoms. The second kappa shape index (κ2) is 5.36. The average molecular weight is 324 g/mol. The highest BCUT2D eigenvalue weighted by Gasteiger charge is 2.15. The number of nitrogens with zero attached hydrogens (tertiary/aromatic N) is 3. The quantitative estimate of drug-likeness (QED) is 0.625. The molecule has 4 rings (SSSR count). The first-order valence-electron chi connectivity index (χ1n) is 6.98. The minimum Gasteiger partial charge on any atom is -0.456 e. The van der Waals surface area contributed by atoms with Crippen LogP contribution in [-0.2, 0) is 0 Å². The van der Waals surface area contributed by atoms with E-state index in [0.717, 1.165) is 16.2 Å². The molecule has 0 atom stereocenters. The number of hydrogen-bond donors (Lipinski definition) is 1. The van der Waals surface area contributed by atoms with Crippen LogP contribution in [0.15, 0.2) is 52.3 Å². The average Bonchev–Trinajstić information content (AvgIpc) is 3.23. The summed E-state index contributed by atoms with van der Waals surface area (Å²) >= 11 is 1.47. The van der Waals surface area contributed by atoms with E-state index in [-0.39, 0.29) is 17.6 Å². The second-order valence-corrected chi connectivity index (χ2v) is 5.82. The Morgan fingerprint density at radius 2 is 2.04 bits per heavy atom. The molecule has 0 aliphatic rings. The van der Waals surface area contributed by atoms with Gasteiger partial charge < -0.3 is 4.42 Å². The molecule has 1 N–H and O–H groups in total. The third-order valence-corrected chi connectivity index (χ3v) is 4.16. The lowest BCUT2D eigenvalue weighted by Gasteiger charge is -1.98. The minimum absolute atomic E-state index is 0.240. The number of rotatable bonds is 3. The van der Waals surface area contributed by atoms with Crippen LogP contribution in [0.4, 0.5) is 5.95 Å². The monoisotopic (exact) mass is 324 g/mol. The van der Waals surface area contributed by atoms with Gasteiger partial charge in [-0.2, -0.15) is 4.98 Å². The molecule has 0 spiro atoms. The fourth-order valence-corrected chi connectivity index (χ4v) is 3.09. The third-order valence-electron chi connectivity index (χ3n) is 3.34. The molecule has 6 nitrogen and oxygen atoms in total. The van der Waals surface area contributed by atoms with E-state index < -0.39 is 0 Å². The molecule has 0 unspecified atom stereocenters. The van der Waals surface area contributed by atoms with E-state index in [2.05, 4.69) is 15.4 Å². The first-order valence-corrected chi connectivity index (χ1v) is 7.86. The lowest BCUT2D eigenvalue weighted by Crippen LogP contribution is -2.12. The fraction of sp³-hybridized carbons (Fsp3) is 0.0625. The number of anilines is 1. The molecule has 0 aliphatic heterocycles. The maximum absolute atomic E-state index is 12.1. The number of thiazole rings is 1. The van der Waals surface area contributed by atoms with Gasteiger partial charge in [-0.15, -0.1) is 16.4 Å². The summed E-state index contributed by atoms with van der Waals surface area (Å²) in [6.07, 6.45) is 0. The van der Waals surface area contributed by atoms with Gasteiger partial charge >= 0.3 is 0 Å². The van der Waals surface area contributed by atoms with Gasteiger partial charge in [0.2, 0.25) is 4.96 Å². The van der Waals surface area contributed by atoms with Crippen molar-refractivity contribution >= 4 is 28.2 Å². The standard InChI is InChI=1S/C16H12N4O2S/c1-10-7-8-13(22-10)14(21)17-15-18-16-20(19-15)12(9-23-16)11-5-3-2-4-6-11/h2-9H,1H3,(H,17,19,21). The van der Waals surface area contributed by atoms with Crippen LogP contribution in [0.2, 0.25) is 0 Å². The van der Waals surface area contributed by atoms with Crippen molar-refractivity contribution in [2.45, 2.75) is 6.92 Å². The van der Waals surface area contributed by atoms with Gasteiger partial charge in [-0.25, -0.2) is 4.52 Å². The summed E-state index contributed by atoms with van der Waals surface area (Å²) in [5.41, 5.74) is 1.98. The molecule has 0 aliphatic carbocycles. The Balaban J connectivity index is 1.65. The number of benzene rings is 1. The summed E-state index contributed by atoms with van der Waals surface area (Å²) in [7, 11) is 0. The maximum atomic E-state index is 12.1. The molecule has 114 valence electrons. The summed E-state index contributed by atoms with van der Waals surface area (Å²) in [5, 5.41) is 9.01. The third kappa shape index (κ3) is 2.51. The highest BCUT2D eigenvalue weighted by molar-refractivity contribution is 7.15. The molecule has 0 saturated carbocycles. The van der Waals surface area contributed by atoms with Crippen LogP contribution >= 0.6 is 11.3 Å². The molecule has 0 bridgehead atoms. The normalized spacial score (nSPS) is 11.0. The van der Waals surface area contributed by atoms with Gasteiger partial charge in [-0.3, -0.25) is 10.1 Å².